The van der Waals surface area contributed by atoms with Gasteiger partial charge in [0.05, 0.1) is 11.4 Å². The Morgan fingerprint density at radius 3 is 2.19 bits per heavy atom. The fourth-order valence-corrected chi connectivity index (χ4v) is 2.42. The molecule has 0 atom stereocenters. The molecule has 2 aromatic rings. The first-order valence-electron chi connectivity index (χ1n) is 7.58. The van der Waals surface area contributed by atoms with Gasteiger partial charge in [0.1, 0.15) is 5.69 Å². The van der Waals surface area contributed by atoms with Crippen LogP contribution in [0.1, 0.15) is 51.6 Å². The molecule has 3 nitrogen and oxygen atoms in total. The van der Waals surface area contributed by atoms with E-state index in [0.29, 0.717) is 11.7 Å². The topological polar surface area (TPSA) is 38.0 Å². The van der Waals surface area contributed by atoms with Gasteiger partial charge < -0.3 is 5.11 Å². The van der Waals surface area contributed by atoms with Crippen LogP contribution in [-0.4, -0.2) is 14.9 Å². The van der Waals surface area contributed by atoms with E-state index in [1.807, 2.05) is 4.68 Å². The Morgan fingerprint density at radius 1 is 1.14 bits per heavy atom. The van der Waals surface area contributed by atoms with Crippen LogP contribution in [0, 0.1) is 12.8 Å². The number of nitrogens with zero attached hydrogens (tertiary/aromatic N) is 2. The third kappa shape index (κ3) is 3.29. The molecule has 0 bridgehead atoms. The molecule has 0 amide bonds. The monoisotopic (exact) mass is 286 g/mol. The van der Waals surface area contributed by atoms with Gasteiger partial charge in [0.25, 0.3) is 0 Å². The predicted octanol–water partition coefficient (Wildman–Crippen LogP) is 4.38. The molecule has 0 saturated heterocycles. The van der Waals surface area contributed by atoms with Crippen LogP contribution in [0.2, 0.25) is 0 Å². The lowest BCUT2D eigenvalue weighted by atomic mass is 9.91. The van der Waals surface area contributed by atoms with Crippen molar-refractivity contribution in [3.05, 3.63) is 41.2 Å². The summed E-state index contributed by atoms with van der Waals surface area (Å²) in [5.41, 5.74) is 3.71. The second-order valence-electron chi connectivity index (χ2n) is 7.24. The molecule has 1 N–H and O–H groups in total. The summed E-state index contributed by atoms with van der Waals surface area (Å²) in [7, 11) is 0. The van der Waals surface area contributed by atoms with Crippen molar-refractivity contribution in [3.63, 3.8) is 0 Å². The minimum absolute atomic E-state index is 0.175. The molecule has 1 heterocycles. The van der Waals surface area contributed by atoms with Crippen molar-refractivity contribution in [2.24, 2.45) is 5.92 Å². The summed E-state index contributed by atoms with van der Waals surface area (Å²) in [5, 5.41) is 15.3. The lowest BCUT2D eigenvalue weighted by Gasteiger charge is -2.15. The summed E-state index contributed by atoms with van der Waals surface area (Å²) in [6.07, 6.45) is 0.808. The fourth-order valence-electron chi connectivity index (χ4n) is 2.42. The van der Waals surface area contributed by atoms with Gasteiger partial charge >= 0.3 is 0 Å². The zero-order valence-electron chi connectivity index (χ0n) is 13.9. The number of rotatable bonds is 3. The van der Waals surface area contributed by atoms with E-state index < -0.39 is 0 Å². The molecule has 0 fully saturated rings. The van der Waals surface area contributed by atoms with E-state index in [-0.39, 0.29) is 5.41 Å². The van der Waals surface area contributed by atoms with Crippen molar-refractivity contribution in [2.45, 2.75) is 53.4 Å². The summed E-state index contributed by atoms with van der Waals surface area (Å²) >= 11 is 0. The van der Waals surface area contributed by atoms with Gasteiger partial charge in [-0.2, -0.15) is 5.10 Å². The van der Waals surface area contributed by atoms with E-state index in [9.17, 15) is 5.11 Å². The van der Waals surface area contributed by atoms with Crippen LogP contribution in [0.4, 0.5) is 0 Å². The molecule has 0 radical (unpaired) electrons. The van der Waals surface area contributed by atoms with E-state index >= 15 is 0 Å². The first kappa shape index (κ1) is 15.6. The Kier molecular flexibility index (Phi) is 4.13. The fraction of sp³-hybridized carbons (Fsp3) is 0.500. The van der Waals surface area contributed by atoms with E-state index in [0.717, 1.165) is 23.5 Å². The van der Waals surface area contributed by atoms with Crippen LogP contribution in [0.3, 0.4) is 0 Å². The summed E-state index contributed by atoms with van der Waals surface area (Å²) < 4.78 is 1.90. The zero-order valence-corrected chi connectivity index (χ0v) is 13.9. The van der Waals surface area contributed by atoms with Crippen LogP contribution in [0.5, 0.6) is 5.75 Å². The van der Waals surface area contributed by atoms with E-state index in [4.69, 9.17) is 5.10 Å². The molecule has 3 heteroatoms. The number of aryl methyl sites for hydroxylation is 1. The molecule has 1 aromatic heterocycles. The van der Waals surface area contributed by atoms with Gasteiger partial charge in [0.2, 0.25) is 0 Å². The third-order valence-corrected chi connectivity index (χ3v) is 3.54. The second-order valence-corrected chi connectivity index (χ2v) is 7.24. The molecular formula is C18H26N2O. The summed E-state index contributed by atoms with van der Waals surface area (Å²) in [6.45, 7) is 12.6. The number of hydrogen-bond acceptors (Lipinski definition) is 2. The molecular weight excluding hydrogens is 260 g/mol. The first-order chi connectivity index (χ1) is 9.70. The second kappa shape index (κ2) is 5.55. The zero-order chi connectivity index (χ0) is 15.8. The minimum Gasteiger partial charge on any atom is -0.504 e. The molecule has 0 aliphatic heterocycles. The average molecular weight is 286 g/mol. The molecule has 0 aliphatic rings. The van der Waals surface area contributed by atoms with Gasteiger partial charge in [-0.3, -0.25) is 0 Å². The van der Waals surface area contributed by atoms with Gasteiger partial charge in [-0.15, -0.1) is 0 Å². The number of benzene rings is 1. The maximum absolute atomic E-state index is 10.6. The molecule has 0 aliphatic carbocycles. The lowest BCUT2D eigenvalue weighted by molar-refractivity contribution is 0.435. The molecule has 1 aromatic carbocycles. The van der Waals surface area contributed by atoms with Gasteiger partial charge in [-0.05, 0) is 31.4 Å². The van der Waals surface area contributed by atoms with E-state index in [1.54, 1.807) is 0 Å². The molecule has 114 valence electrons. The Morgan fingerprint density at radius 2 is 1.71 bits per heavy atom. The highest BCUT2D eigenvalue weighted by atomic mass is 16.3. The Balaban J connectivity index is 2.60. The summed E-state index contributed by atoms with van der Waals surface area (Å²) in [4.78, 5) is 0. The number of hydrogen-bond donors (Lipinski definition) is 1. The van der Waals surface area contributed by atoms with Crippen molar-refractivity contribution >= 4 is 0 Å². The quantitative estimate of drug-likeness (QED) is 0.909. The molecule has 21 heavy (non-hydrogen) atoms. The largest absolute Gasteiger partial charge is 0.504 e. The molecule has 0 spiro atoms. The average Bonchev–Trinajstić information content (AvgIpc) is 2.67. The maximum atomic E-state index is 10.6. The normalized spacial score (nSPS) is 12.1. The number of aromatic hydroxyl groups is 1. The molecule has 0 unspecified atom stereocenters. The summed E-state index contributed by atoms with van der Waals surface area (Å²) in [5.74, 6) is 0.807. The van der Waals surface area contributed by atoms with Crippen molar-refractivity contribution in [1.29, 1.82) is 0 Å². The Hall–Kier alpha value is -1.77. The number of aromatic nitrogens is 2. The van der Waals surface area contributed by atoms with E-state index in [1.165, 1.54) is 5.56 Å². The molecule has 0 saturated carbocycles. The predicted molar refractivity (Wildman–Crippen MR) is 87.2 cm³/mol. The van der Waals surface area contributed by atoms with Crippen LogP contribution in [0.25, 0.3) is 5.69 Å². The smallest absolute Gasteiger partial charge is 0.161 e. The van der Waals surface area contributed by atoms with Gasteiger partial charge in [-0.1, -0.05) is 52.3 Å². The van der Waals surface area contributed by atoms with E-state index in [2.05, 4.69) is 65.8 Å². The summed E-state index contributed by atoms with van der Waals surface area (Å²) in [6, 6.07) is 8.25. The van der Waals surface area contributed by atoms with Crippen molar-refractivity contribution in [3.8, 4) is 11.4 Å². The minimum atomic E-state index is -0.175. The highest BCUT2D eigenvalue weighted by Crippen LogP contribution is 2.35. The molecule has 2 rings (SSSR count). The third-order valence-electron chi connectivity index (χ3n) is 3.54. The highest BCUT2D eigenvalue weighted by molar-refractivity contribution is 5.44. The Bertz CT molecular complexity index is 616. The maximum Gasteiger partial charge on any atom is 0.161 e. The van der Waals surface area contributed by atoms with Crippen molar-refractivity contribution in [2.75, 3.05) is 0 Å². The lowest BCUT2D eigenvalue weighted by Crippen LogP contribution is -2.13. The van der Waals surface area contributed by atoms with Crippen LogP contribution in [0.15, 0.2) is 24.3 Å². The van der Waals surface area contributed by atoms with Gasteiger partial charge in [-0.25, -0.2) is 4.68 Å². The SMILES string of the molecule is Cc1ccc(-n2nc(C(C)(C)C)c(O)c2CC(C)C)cc1. The van der Waals surface area contributed by atoms with Crippen LogP contribution >= 0.6 is 0 Å². The van der Waals surface area contributed by atoms with Crippen LogP contribution < -0.4 is 0 Å². The van der Waals surface area contributed by atoms with Gasteiger partial charge in [0.15, 0.2) is 5.75 Å². The van der Waals surface area contributed by atoms with Crippen LogP contribution in [-0.2, 0) is 11.8 Å². The van der Waals surface area contributed by atoms with Crippen molar-refractivity contribution < 1.29 is 5.11 Å². The first-order valence-corrected chi connectivity index (χ1v) is 7.58. The Labute approximate surface area is 127 Å². The standard InChI is InChI=1S/C18H26N2O/c1-12(2)11-15-16(21)17(18(4,5)6)19-20(15)14-9-7-13(3)8-10-14/h7-10,12,21H,11H2,1-6H3. The van der Waals surface area contributed by atoms with Crippen molar-refractivity contribution in [1.82, 2.24) is 9.78 Å². The highest BCUT2D eigenvalue weighted by Gasteiger charge is 2.27. The van der Waals surface area contributed by atoms with Gasteiger partial charge in [0, 0.05) is 5.41 Å².